The zero-order chi connectivity index (χ0) is 16.0. The van der Waals surface area contributed by atoms with Crippen molar-refractivity contribution in [2.45, 2.75) is 26.3 Å². The summed E-state index contributed by atoms with van der Waals surface area (Å²) in [4.78, 5) is 37.1. The van der Waals surface area contributed by atoms with E-state index in [-0.39, 0.29) is 17.1 Å². The van der Waals surface area contributed by atoms with Crippen LogP contribution < -0.4 is 16.4 Å². The first kappa shape index (κ1) is 16.3. The molecule has 0 saturated heterocycles. The summed E-state index contributed by atoms with van der Waals surface area (Å²) >= 11 is 0. The number of pyridine rings is 1. The van der Waals surface area contributed by atoms with E-state index in [4.69, 9.17) is 5.73 Å². The van der Waals surface area contributed by atoms with Crippen LogP contribution in [0, 0.1) is 10.1 Å². The number of nitrogens with two attached hydrogens (primary N) is 1. The number of aromatic nitrogens is 1. The third-order valence-corrected chi connectivity index (χ3v) is 2.65. The summed E-state index contributed by atoms with van der Waals surface area (Å²) in [5, 5.41) is 16.0. The Kier molecular flexibility index (Phi) is 5.58. The number of nitrogens with one attached hydrogen (secondary N) is 2. The molecule has 2 amide bonds. The number of hydrogen-bond acceptors (Lipinski definition) is 6. The van der Waals surface area contributed by atoms with Gasteiger partial charge in [-0.3, -0.25) is 19.7 Å². The van der Waals surface area contributed by atoms with Crippen molar-refractivity contribution in [1.29, 1.82) is 0 Å². The van der Waals surface area contributed by atoms with Gasteiger partial charge >= 0.3 is 0 Å². The number of carbonyl (C=O) groups is 2. The molecule has 0 aliphatic carbocycles. The summed E-state index contributed by atoms with van der Waals surface area (Å²) in [7, 11) is 0. The lowest BCUT2D eigenvalue weighted by atomic mass is 10.2. The Morgan fingerprint density at radius 2 is 2.19 bits per heavy atom. The van der Waals surface area contributed by atoms with Gasteiger partial charge in [0, 0.05) is 12.6 Å². The van der Waals surface area contributed by atoms with E-state index in [2.05, 4.69) is 15.6 Å². The second-order valence-corrected chi connectivity index (χ2v) is 4.37. The van der Waals surface area contributed by atoms with Crippen molar-refractivity contribution < 1.29 is 14.5 Å². The average Bonchev–Trinajstić information content (AvgIpc) is 2.44. The summed E-state index contributed by atoms with van der Waals surface area (Å²) in [6.07, 6.45) is 1.85. The van der Waals surface area contributed by atoms with E-state index in [1.54, 1.807) is 0 Å². The summed E-state index contributed by atoms with van der Waals surface area (Å²) in [6.45, 7) is 3.90. The molecule has 0 radical (unpaired) electrons. The largest absolute Gasteiger partial charge is 0.369 e. The molecule has 0 bridgehead atoms. The van der Waals surface area contributed by atoms with Gasteiger partial charge in [-0.1, -0.05) is 6.92 Å². The van der Waals surface area contributed by atoms with Gasteiger partial charge < -0.3 is 16.4 Å². The van der Waals surface area contributed by atoms with Crippen molar-refractivity contribution in [1.82, 2.24) is 10.3 Å². The minimum Gasteiger partial charge on any atom is -0.369 e. The molecule has 0 saturated carbocycles. The molecule has 0 fully saturated rings. The number of hydrogen-bond donors (Lipinski definition) is 3. The number of nitro groups is 1. The van der Waals surface area contributed by atoms with Crippen molar-refractivity contribution in [3.05, 3.63) is 27.9 Å². The van der Waals surface area contributed by atoms with E-state index in [1.165, 1.54) is 6.92 Å². The lowest BCUT2D eigenvalue weighted by Gasteiger charge is -2.13. The summed E-state index contributed by atoms with van der Waals surface area (Å²) in [6, 6.07) is 0.212. The van der Waals surface area contributed by atoms with E-state index < -0.39 is 22.8 Å². The number of rotatable bonds is 7. The molecule has 1 atom stereocenters. The molecule has 0 aliphatic heterocycles. The highest BCUT2D eigenvalue weighted by molar-refractivity contribution is 6.01. The lowest BCUT2D eigenvalue weighted by molar-refractivity contribution is -0.385. The van der Waals surface area contributed by atoms with Crippen LogP contribution in [0.5, 0.6) is 0 Å². The van der Waals surface area contributed by atoms with Crippen LogP contribution in [-0.2, 0) is 4.79 Å². The van der Waals surface area contributed by atoms with Crippen LogP contribution >= 0.6 is 0 Å². The highest BCUT2D eigenvalue weighted by Gasteiger charge is 2.20. The van der Waals surface area contributed by atoms with Crippen LogP contribution in [0.1, 0.15) is 30.6 Å². The highest BCUT2D eigenvalue weighted by Crippen LogP contribution is 2.19. The molecule has 0 aliphatic rings. The Labute approximate surface area is 121 Å². The number of primary amides is 1. The smallest absolute Gasteiger partial charge is 0.288 e. The third-order valence-electron chi connectivity index (χ3n) is 2.65. The quantitative estimate of drug-likeness (QED) is 0.491. The van der Waals surface area contributed by atoms with E-state index in [0.717, 1.165) is 18.7 Å². The average molecular weight is 295 g/mol. The molecule has 1 unspecified atom stereocenters. The molecule has 1 aromatic heterocycles. The Balaban J connectivity index is 3.09. The normalized spacial score (nSPS) is 11.5. The van der Waals surface area contributed by atoms with Crippen LogP contribution in [0.3, 0.4) is 0 Å². The molecule has 1 heterocycles. The molecule has 0 aromatic carbocycles. The standard InChI is InChI=1S/C12H17N5O4/c1-3-4-14-11-9(5-8(6-15-11)17(20)21)12(19)16-7(2)10(13)18/h5-7H,3-4H2,1-2H3,(H2,13,18)(H,14,15)(H,16,19). The molecule has 114 valence electrons. The lowest BCUT2D eigenvalue weighted by Crippen LogP contribution is -2.42. The molecule has 4 N–H and O–H groups in total. The van der Waals surface area contributed by atoms with E-state index in [1.807, 2.05) is 6.92 Å². The molecule has 9 heteroatoms. The molecule has 1 rings (SSSR count). The van der Waals surface area contributed by atoms with Gasteiger partial charge in [0.1, 0.15) is 18.1 Å². The molecular formula is C12H17N5O4. The monoisotopic (exact) mass is 295 g/mol. The molecule has 1 aromatic rings. The first-order chi connectivity index (χ1) is 9.86. The van der Waals surface area contributed by atoms with Gasteiger partial charge in [0.2, 0.25) is 5.91 Å². The van der Waals surface area contributed by atoms with Crippen LogP contribution in [0.15, 0.2) is 12.3 Å². The molecular weight excluding hydrogens is 278 g/mol. The Morgan fingerprint density at radius 1 is 1.52 bits per heavy atom. The van der Waals surface area contributed by atoms with E-state index in [9.17, 15) is 19.7 Å². The Bertz CT molecular complexity index is 561. The molecule has 9 nitrogen and oxygen atoms in total. The van der Waals surface area contributed by atoms with Crippen molar-refractivity contribution in [2.24, 2.45) is 5.73 Å². The maximum absolute atomic E-state index is 12.1. The van der Waals surface area contributed by atoms with Crippen molar-refractivity contribution in [2.75, 3.05) is 11.9 Å². The van der Waals surface area contributed by atoms with E-state index in [0.29, 0.717) is 6.54 Å². The number of carbonyl (C=O) groups excluding carboxylic acids is 2. The molecule has 0 spiro atoms. The van der Waals surface area contributed by atoms with Crippen LogP contribution in [-0.4, -0.2) is 34.3 Å². The van der Waals surface area contributed by atoms with Crippen molar-refractivity contribution in [3.8, 4) is 0 Å². The second-order valence-electron chi connectivity index (χ2n) is 4.37. The zero-order valence-electron chi connectivity index (χ0n) is 11.8. The first-order valence-electron chi connectivity index (χ1n) is 6.35. The highest BCUT2D eigenvalue weighted by atomic mass is 16.6. The van der Waals surface area contributed by atoms with Crippen LogP contribution in [0.25, 0.3) is 0 Å². The Morgan fingerprint density at radius 3 is 2.71 bits per heavy atom. The number of amides is 2. The third kappa shape index (κ3) is 4.41. The SMILES string of the molecule is CCCNc1ncc([N+](=O)[O-])cc1C(=O)NC(C)C(N)=O. The van der Waals surface area contributed by atoms with Gasteiger partial charge in [-0.15, -0.1) is 0 Å². The van der Waals surface area contributed by atoms with Crippen LogP contribution in [0.2, 0.25) is 0 Å². The number of nitrogens with zero attached hydrogens (tertiary/aromatic N) is 2. The topological polar surface area (TPSA) is 140 Å². The summed E-state index contributed by atoms with van der Waals surface area (Å²) < 4.78 is 0. The second kappa shape index (κ2) is 7.17. The fourth-order valence-corrected chi connectivity index (χ4v) is 1.46. The van der Waals surface area contributed by atoms with Gasteiger partial charge in [-0.25, -0.2) is 4.98 Å². The van der Waals surface area contributed by atoms with Gasteiger partial charge in [-0.2, -0.15) is 0 Å². The first-order valence-corrected chi connectivity index (χ1v) is 6.35. The van der Waals surface area contributed by atoms with Gasteiger partial charge in [-0.05, 0) is 13.3 Å². The van der Waals surface area contributed by atoms with Gasteiger partial charge in [0.25, 0.3) is 11.6 Å². The predicted octanol–water partition coefficient (Wildman–Crippen LogP) is 0.415. The summed E-state index contributed by atoms with van der Waals surface area (Å²) in [5.41, 5.74) is 4.75. The summed E-state index contributed by atoms with van der Waals surface area (Å²) in [5.74, 6) is -1.14. The molecule has 21 heavy (non-hydrogen) atoms. The maximum atomic E-state index is 12.1. The minimum absolute atomic E-state index is 0.00856. The maximum Gasteiger partial charge on any atom is 0.288 e. The van der Waals surface area contributed by atoms with Crippen molar-refractivity contribution >= 4 is 23.3 Å². The van der Waals surface area contributed by atoms with E-state index >= 15 is 0 Å². The fourth-order valence-electron chi connectivity index (χ4n) is 1.46. The Hall–Kier alpha value is -2.71. The zero-order valence-corrected chi connectivity index (χ0v) is 11.8. The minimum atomic E-state index is -0.893. The van der Waals surface area contributed by atoms with Gasteiger partial charge in [0.15, 0.2) is 0 Å². The predicted molar refractivity (Wildman–Crippen MR) is 75.8 cm³/mol. The van der Waals surface area contributed by atoms with Crippen LogP contribution in [0.4, 0.5) is 11.5 Å². The fraction of sp³-hybridized carbons (Fsp3) is 0.417. The van der Waals surface area contributed by atoms with Crippen molar-refractivity contribution in [3.63, 3.8) is 0 Å². The van der Waals surface area contributed by atoms with Gasteiger partial charge in [0.05, 0.1) is 10.5 Å². The number of anilines is 1.